The summed E-state index contributed by atoms with van der Waals surface area (Å²) in [5.41, 5.74) is 2.61. The Kier molecular flexibility index (Phi) is 6.92. The summed E-state index contributed by atoms with van der Waals surface area (Å²) in [4.78, 5) is 15.4. The molecule has 2 aliphatic heterocycles. The third-order valence-corrected chi connectivity index (χ3v) is 8.07. The molecule has 0 atom stereocenters. The molecular formula is C24H31N3O3S. The number of para-hydroxylation sites is 1. The van der Waals surface area contributed by atoms with Crippen LogP contribution in [0, 0.1) is 0 Å². The Morgan fingerprint density at radius 2 is 1.52 bits per heavy atom. The van der Waals surface area contributed by atoms with Crippen molar-refractivity contribution in [2.75, 3.05) is 31.1 Å². The molecule has 0 aliphatic carbocycles. The minimum atomic E-state index is -3.58. The van der Waals surface area contributed by atoms with Crippen LogP contribution in [-0.4, -0.2) is 44.8 Å². The topological polar surface area (TPSA) is 69.7 Å². The fourth-order valence-corrected chi connectivity index (χ4v) is 6.00. The minimum absolute atomic E-state index is 0.194. The lowest BCUT2D eigenvalue weighted by Gasteiger charge is -2.21. The molecule has 1 N–H and O–H groups in total. The fourth-order valence-electron chi connectivity index (χ4n) is 4.43. The van der Waals surface area contributed by atoms with Crippen molar-refractivity contribution >= 4 is 21.6 Å². The summed E-state index contributed by atoms with van der Waals surface area (Å²) < 4.78 is 27.7. The van der Waals surface area contributed by atoms with Gasteiger partial charge in [-0.3, -0.25) is 4.79 Å². The number of nitrogens with zero attached hydrogens (tertiary/aromatic N) is 2. The maximum atomic E-state index is 13.1. The highest BCUT2D eigenvalue weighted by Gasteiger charge is 2.26. The van der Waals surface area contributed by atoms with Gasteiger partial charge in [-0.15, -0.1) is 0 Å². The number of amides is 1. The number of anilines is 1. The third-order valence-electron chi connectivity index (χ3n) is 6.18. The van der Waals surface area contributed by atoms with E-state index in [1.165, 1.54) is 18.9 Å². The van der Waals surface area contributed by atoms with Crippen molar-refractivity contribution in [1.82, 2.24) is 9.62 Å². The van der Waals surface area contributed by atoms with E-state index in [1.54, 1.807) is 22.5 Å². The Morgan fingerprint density at radius 1 is 0.839 bits per heavy atom. The van der Waals surface area contributed by atoms with Crippen molar-refractivity contribution in [3.05, 3.63) is 59.7 Å². The molecule has 0 bridgehead atoms. The van der Waals surface area contributed by atoms with Gasteiger partial charge in [-0.2, -0.15) is 4.31 Å². The quantitative estimate of drug-likeness (QED) is 0.741. The van der Waals surface area contributed by atoms with E-state index in [-0.39, 0.29) is 10.8 Å². The number of nitrogens with one attached hydrogen (secondary N) is 1. The second-order valence-electron chi connectivity index (χ2n) is 8.35. The largest absolute Gasteiger partial charge is 0.371 e. The van der Waals surface area contributed by atoms with Gasteiger partial charge in [0.25, 0.3) is 5.91 Å². The van der Waals surface area contributed by atoms with E-state index >= 15 is 0 Å². The maximum absolute atomic E-state index is 13.1. The molecule has 0 unspecified atom stereocenters. The molecule has 4 rings (SSSR count). The van der Waals surface area contributed by atoms with E-state index in [1.807, 2.05) is 18.2 Å². The lowest BCUT2D eigenvalue weighted by atomic mass is 10.1. The van der Waals surface area contributed by atoms with Crippen LogP contribution in [0.5, 0.6) is 0 Å². The second-order valence-corrected chi connectivity index (χ2v) is 10.3. The molecule has 6 nitrogen and oxygen atoms in total. The van der Waals surface area contributed by atoms with Gasteiger partial charge >= 0.3 is 0 Å². The number of carbonyl (C=O) groups excluding carboxylic acids is 1. The molecule has 2 aromatic rings. The molecule has 0 aromatic heterocycles. The van der Waals surface area contributed by atoms with Crippen LogP contribution >= 0.6 is 0 Å². The molecule has 2 fully saturated rings. The van der Waals surface area contributed by atoms with Crippen LogP contribution in [0.25, 0.3) is 0 Å². The number of hydrogen-bond acceptors (Lipinski definition) is 4. The molecule has 31 heavy (non-hydrogen) atoms. The van der Waals surface area contributed by atoms with Gasteiger partial charge in [-0.1, -0.05) is 37.1 Å². The first-order valence-corrected chi connectivity index (χ1v) is 12.7. The zero-order valence-electron chi connectivity index (χ0n) is 17.9. The van der Waals surface area contributed by atoms with Crippen molar-refractivity contribution in [1.29, 1.82) is 0 Å². The number of carbonyl (C=O) groups is 1. The first kappa shape index (κ1) is 21.8. The van der Waals surface area contributed by atoms with Crippen LogP contribution in [0.2, 0.25) is 0 Å². The molecule has 7 heteroatoms. The molecular weight excluding hydrogens is 410 g/mol. The first-order chi connectivity index (χ1) is 15.1. The van der Waals surface area contributed by atoms with Crippen LogP contribution in [0.1, 0.15) is 54.4 Å². The molecule has 0 saturated carbocycles. The molecule has 2 heterocycles. The summed E-state index contributed by atoms with van der Waals surface area (Å²) in [5, 5.41) is 2.97. The monoisotopic (exact) mass is 441 g/mol. The SMILES string of the molecule is O=C(NCc1ccccc1N1CCCC1)c1cccc(S(=O)(=O)N2CCCCCC2)c1. The number of sulfonamides is 1. The number of hydrogen-bond donors (Lipinski definition) is 1. The van der Waals surface area contributed by atoms with Crippen molar-refractivity contribution < 1.29 is 13.2 Å². The van der Waals surface area contributed by atoms with Crippen molar-refractivity contribution in [3.8, 4) is 0 Å². The standard InChI is InChI=1S/C24H31N3O3S/c28-24(25-19-21-10-3-4-13-23(21)26-14-7-8-15-26)20-11-9-12-22(18-20)31(29,30)27-16-5-1-2-6-17-27/h3-4,9-13,18H,1-2,5-8,14-17,19H2,(H,25,28). The highest BCUT2D eigenvalue weighted by Crippen LogP contribution is 2.25. The normalized spacial score (nSPS) is 18.0. The summed E-state index contributed by atoms with van der Waals surface area (Å²) in [6.45, 7) is 3.59. The Balaban J connectivity index is 1.47. The molecule has 2 aliphatic rings. The highest BCUT2D eigenvalue weighted by molar-refractivity contribution is 7.89. The summed E-state index contributed by atoms with van der Waals surface area (Å²) in [6.07, 6.45) is 6.28. The molecule has 0 spiro atoms. The fraction of sp³-hybridized carbons (Fsp3) is 0.458. The van der Waals surface area contributed by atoms with Gasteiger partial charge in [0.15, 0.2) is 0 Å². The molecule has 2 saturated heterocycles. The van der Waals surface area contributed by atoms with E-state index in [0.717, 1.165) is 50.0 Å². The Hall–Kier alpha value is -2.38. The summed E-state index contributed by atoms with van der Waals surface area (Å²) in [5.74, 6) is -0.260. The van der Waals surface area contributed by atoms with Crippen LogP contribution in [0.4, 0.5) is 5.69 Å². The van der Waals surface area contributed by atoms with E-state index < -0.39 is 10.0 Å². The van der Waals surface area contributed by atoms with Crippen molar-refractivity contribution in [2.45, 2.75) is 50.0 Å². The van der Waals surface area contributed by atoms with Gasteiger partial charge in [0.2, 0.25) is 10.0 Å². The molecule has 2 aromatic carbocycles. The highest BCUT2D eigenvalue weighted by atomic mass is 32.2. The van der Waals surface area contributed by atoms with Crippen LogP contribution in [0.15, 0.2) is 53.4 Å². The third kappa shape index (κ3) is 5.10. The molecule has 0 radical (unpaired) electrons. The van der Waals surface area contributed by atoms with Crippen LogP contribution < -0.4 is 10.2 Å². The van der Waals surface area contributed by atoms with E-state index in [4.69, 9.17) is 0 Å². The van der Waals surface area contributed by atoms with E-state index in [0.29, 0.717) is 25.2 Å². The zero-order valence-corrected chi connectivity index (χ0v) is 18.7. The van der Waals surface area contributed by atoms with Crippen LogP contribution in [0.3, 0.4) is 0 Å². The predicted octanol–water partition coefficient (Wildman–Crippen LogP) is 3.78. The van der Waals surface area contributed by atoms with Gasteiger partial charge in [-0.05, 0) is 55.5 Å². The number of benzene rings is 2. The molecule has 1 amide bonds. The Morgan fingerprint density at radius 3 is 2.26 bits per heavy atom. The summed E-state index contributed by atoms with van der Waals surface area (Å²) >= 11 is 0. The van der Waals surface area contributed by atoms with Gasteiger partial charge < -0.3 is 10.2 Å². The summed E-state index contributed by atoms with van der Waals surface area (Å²) in [7, 11) is -3.58. The second kappa shape index (κ2) is 9.83. The lowest BCUT2D eigenvalue weighted by molar-refractivity contribution is 0.0950. The van der Waals surface area contributed by atoms with Crippen molar-refractivity contribution in [3.63, 3.8) is 0 Å². The lowest BCUT2D eigenvalue weighted by Crippen LogP contribution is -2.32. The minimum Gasteiger partial charge on any atom is -0.371 e. The number of rotatable bonds is 6. The van der Waals surface area contributed by atoms with Gasteiger partial charge in [-0.25, -0.2) is 8.42 Å². The zero-order chi connectivity index (χ0) is 21.7. The van der Waals surface area contributed by atoms with Crippen LogP contribution in [-0.2, 0) is 16.6 Å². The van der Waals surface area contributed by atoms with Gasteiger partial charge in [0.05, 0.1) is 4.90 Å². The predicted molar refractivity (Wildman–Crippen MR) is 123 cm³/mol. The van der Waals surface area contributed by atoms with Crippen molar-refractivity contribution in [2.24, 2.45) is 0 Å². The average Bonchev–Trinajstić information content (AvgIpc) is 3.19. The maximum Gasteiger partial charge on any atom is 0.251 e. The average molecular weight is 442 g/mol. The van der Waals surface area contributed by atoms with E-state index in [2.05, 4.69) is 16.3 Å². The Labute approximate surface area is 185 Å². The molecule has 166 valence electrons. The summed E-state index contributed by atoms with van der Waals surface area (Å²) in [6, 6.07) is 14.5. The van der Waals surface area contributed by atoms with Gasteiger partial charge in [0, 0.05) is 44.0 Å². The smallest absolute Gasteiger partial charge is 0.251 e. The Bertz CT molecular complexity index is 1010. The van der Waals surface area contributed by atoms with E-state index in [9.17, 15) is 13.2 Å². The first-order valence-electron chi connectivity index (χ1n) is 11.3. The van der Waals surface area contributed by atoms with Gasteiger partial charge in [0.1, 0.15) is 0 Å².